The molecule has 0 bridgehead atoms. The molecule has 1 atom stereocenters. The van der Waals surface area contributed by atoms with Crippen LogP contribution in [0.4, 0.5) is 13.2 Å². The smallest absolute Gasteiger partial charge is 0.327 e. The van der Waals surface area contributed by atoms with Crippen LogP contribution >= 0.6 is 15.9 Å². The van der Waals surface area contributed by atoms with Gasteiger partial charge in [0.05, 0.1) is 22.6 Å². The van der Waals surface area contributed by atoms with Crippen molar-refractivity contribution in [2.75, 3.05) is 0 Å². The molecule has 0 radical (unpaired) electrons. The third kappa shape index (κ3) is 2.49. The summed E-state index contributed by atoms with van der Waals surface area (Å²) in [5, 5.41) is 0. The van der Waals surface area contributed by atoms with Gasteiger partial charge in [-0.25, -0.2) is 4.98 Å². The maximum absolute atomic E-state index is 12.9. The topological polar surface area (TPSA) is 43.8 Å². The summed E-state index contributed by atoms with van der Waals surface area (Å²) >= 11 is 2.95. The summed E-state index contributed by atoms with van der Waals surface area (Å²) in [6.45, 7) is 4.13. The number of aryl methyl sites for hydroxylation is 1. The van der Waals surface area contributed by atoms with E-state index in [1.165, 1.54) is 6.07 Å². The van der Waals surface area contributed by atoms with E-state index in [-0.39, 0.29) is 10.5 Å². The molecular formula is C12H13BrF3N3. The Morgan fingerprint density at radius 3 is 2.53 bits per heavy atom. The average Bonchev–Trinajstić information content (AvgIpc) is 2.63. The fourth-order valence-electron chi connectivity index (χ4n) is 2.06. The van der Waals surface area contributed by atoms with Gasteiger partial charge in [-0.2, -0.15) is 13.2 Å². The second-order valence-corrected chi connectivity index (χ2v) is 5.18. The Balaban J connectivity index is 2.77. The minimum Gasteiger partial charge on any atom is -0.327 e. The predicted octanol–water partition coefficient (Wildman–Crippen LogP) is 3.86. The number of rotatable bonds is 2. The Labute approximate surface area is 116 Å². The molecule has 0 fully saturated rings. The molecule has 1 heterocycles. The van der Waals surface area contributed by atoms with Crippen molar-refractivity contribution in [3.05, 3.63) is 28.0 Å². The highest BCUT2D eigenvalue weighted by molar-refractivity contribution is 9.10. The molecule has 0 aliphatic carbocycles. The number of nitrogens with two attached hydrogens (primary N) is 1. The lowest BCUT2D eigenvalue weighted by Gasteiger charge is -2.11. The van der Waals surface area contributed by atoms with E-state index in [1.54, 1.807) is 11.5 Å². The quantitative estimate of drug-likeness (QED) is 0.905. The lowest BCUT2D eigenvalue weighted by molar-refractivity contribution is -0.138. The van der Waals surface area contributed by atoms with E-state index in [0.29, 0.717) is 23.4 Å². The standard InChI is InChI=1S/C12H13BrF3N3/c1-3-19-10-4-7(12(14,15)16)8(13)5-9(10)18-11(19)6(2)17/h4-6H,3,17H2,1-2H3/t6-/m1/s1. The van der Waals surface area contributed by atoms with Gasteiger partial charge in [-0.05, 0) is 26.0 Å². The summed E-state index contributed by atoms with van der Waals surface area (Å²) in [7, 11) is 0. The molecule has 0 spiro atoms. The van der Waals surface area contributed by atoms with Gasteiger partial charge in [-0.3, -0.25) is 0 Å². The summed E-state index contributed by atoms with van der Waals surface area (Å²) in [5.74, 6) is 0.587. The zero-order valence-corrected chi connectivity index (χ0v) is 12.0. The summed E-state index contributed by atoms with van der Waals surface area (Å²) in [6.07, 6.45) is -4.40. The van der Waals surface area contributed by atoms with Crippen LogP contribution in [0.15, 0.2) is 16.6 Å². The molecule has 0 aliphatic rings. The van der Waals surface area contributed by atoms with E-state index < -0.39 is 11.7 Å². The number of benzene rings is 1. The van der Waals surface area contributed by atoms with Crippen LogP contribution in [-0.2, 0) is 12.7 Å². The van der Waals surface area contributed by atoms with Crippen LogP contribution in [0.5, 0.6) is 0 Å². The van der Waals surface area contributed by atoms with Crippen LogP contribution in [0, 0.1) is 0 Å². The van der Waals surface area contributed by atoms with E-state index >= 15 is 0 Å². The van der Waals surface area contributed by atoms with E-state index in [0.717, 1.165) is 6.07 Å². The minimum atomic E-state index is -4.40. The van der Waals surface area contributed by atoms with Gasteiger partial charge in [0.2, 0.25) is 0 Å². The van der Waals surface area contributed by atoms with Crippen LogP contribution in [0.2, 0.25) is 0 Å². The van der Waals surface area contributed by atoms with Crippen LogP contribution in [0.3, 0.4) is 0 Å². The van der Waals surface area contributed by atoms with Gasteiger partial charge in [0.15, 0.2) is 0 Å². The van der Waals surface area contributed by atoms with Crippen LogP contribution in [0.1, 0.15) is 31.3 Å². The second-order valence-electron chi connectivity index (χ2n) is 4.32. The first-order valence-corrected chi connectivity index (χ1v) is 6.57. The number of imidazole rings is 1. The van der Waals surface area contributed by atoms with E-state index in [9.17, 15) is 13.2 Å². The number of halogens is 4. The molecule has 104 valence electrons. The molecule has 19 heavy (non-hydrogen) atoms. The van der Waals surface area contributed by atoms with E-state index in [1.807, 2.05) is 6.92 Å². The Kier molecular flexibility index (Phi) is 3.61. The Morgan fingerprint density at radius 2 is 2.05 bits per heavy atom. The summed E-state index contributed by atoms with van der Waals surface area (Å²) in [6, 6.07) is 2.17. The average molecular weight is 336 g/mol. The molecule has 2 rings (SSSR count). The van der Waals surface area contributed by atoms with Gasteiger partial charge in [-0.15, -0.1) is 0 Å². The highest BCUT2D eigenvalue weighted by Gasteiger charge is 2.34. The zero-order valence-electron chi connectivity index (χ0n) is 10.4. The molecule has 2 aromatic rings. The van der Waals surface area contributed by atoms with E-state index in [2.05, 4.69) is 20.9 Å². The van der Waals surface area contributed by atoms with Crippen LogP contribution in [0.25, 0.3) is 11.0 Å². The Hall–Kier alpha value is -1.08. The van der Waals surface area contributed by atoms with Crippen LogP contribution < -0.4 is 5.73 Å². The SMILES string of the molecule is CCn1c([C@@H](C)N)nc2cc(Br)c(C(F)(F)F)cc21. The van der Waals surface area contributed by atoms with Crippen molar-refractivity contribution in [3.63, 3.8) is 0 Å². The molecule has 1 aromatic carbocycles. The van der Waals surface area contributed by atoms with Crippen molar-refractivity contribution in [1.82, 2.24) is 9.55 Å². The molecule has 0 unspecified atom stereocenters. The van der Waals surface area contributed by atoms with Gasteiger partial charge < -0.3 is 10.3 Å². The number of alkyl halides is 3. The fraction of sp³-hybridized carbons (Fsp3) is 0.417. The molecule has 7 heteroatoms. The van der Waals surface area contributed by atoms with Gasteiger partial charge in [0.25, 0.3) is 0 Å². The van der Waals surface area contributed by atoms with E-state index in [4.69, 9.17) is 5.73 Å². The van der Waals surface area contributed by atoms with Gasteiger partial charge in [0.1, 0.15) is 5.82 Å². The van der Waals surface area contributed by atoms with Crippen molar-refractivity contribution < 1.29 is 13.2 Å². The van der Waals surface area contributed by atoms with Crippen molar-refractivity contribution in [3.8, 4) is 0 Å². The minimum absolute atomic E-state index is 0.00974. The number of hydrogen-bond donors (Lipinski definition) is 1. The first kappa shape index (κ1) is 14.3. The summed E-state index contributed by atoms with van der Waals surface area (Å²) in [4.78, 5) is 4.31. The van der Waals surface area contributed by atoms with Gasteiger partial charge in [-0.1, -0.05) is 15.9 Å². The molecule has 0 aliphatic heterocycles. The number of aromatic nitrogens is 2. The summed E-state index contributed by atoms with van der Waals surface area (Å²) < 4.78 is 40.4. The number of hydrogen-bond acceptors (Lipinski definition) is 2. The number of fused-ring (bicyclic) bond motifs is 1. The maximum atomic E-state index is 12.9. The highest BCUT2D eigenvalue weighted by atomic mass is 79.9. The molecule has 2 N–H and O–H groups in total. The normalized spacial score (nSPS) is 14.1. The molecule has 3 nitrogen and oxygen atoms in total. The molecule has 0 amide bonds. The first-order chi connectivity index (χ1) is 8.75. The van der Waals surface area contributed by atoms with Crippen molar-refractivity contribution in [2.45, 2.75) is 32.6 Å². The van der Waals surface area contributed by atoms with Crippen molar-refractivity contribution in [2.24, 2.45) is 5.73 Å². The molecular weight excluding hydrogens is 323 g/mol. The van der Waals surface area contributed by atoms with Crippen molar-refractivity contribution >= 4 is 27.0 Å². The zero-order chi connectivity index (χ0) is 14.4. The largest absolute Gasteiger partial charge is 0.417 e. The van der Waals surface area contributed by atoms with Crippen molar-refractivity contribution in [1.29, 1.82) is 0 Å². The Bertz CT molecular complexity index is 617. The van der Waals surface area contributed by atoms with Gasteiger partial charge >= 0.3 is 6.18 Å². The monoisotopic (exact) mass is 335 g/mol. The lowest BCUT2D eigenvalue weighted by Crippen LogP contribution is -2.13. The molecule has 0 saturated heterocycles. The second kappa shape index (κ2) is 4.79. The molecule has 0 saturated carbocycles. The predicted molar refractivity (Wildman–Crippen MR) is 70.7 cm³/mol. The summed E-state index contributed by atoms with van der Waals surface area (Å²) in [5.41, 5.74) is 6.05. The third-order valence-corrected chi connectivity index (χ3v) is 3.55. The fourth-order valence-corrected chi connectivity index (χ4v) is 2.62. The van der Waals surface area contributed by atoms with Crippen LogP contribution in [-0.4, -0.2) is 9.55 Å². The maximum Gasteiger partial charge on any atom is 0.417 e. The third-order valence-electron chi connectivity index (χ3n) is 2.90. The lowest BCUT2D eigenvalue weighted by atomic mass is 10.2. The number of nitrogens with zero attached hydrogens (tertiary/aromatic N) is 2. The first-order valence-electron chi connectivity index (χ1n) is 5.78. The van der Waals surface area contributed by atoms with Gasteiger partial charge in [0, 0.05) is 11.0 Å². The highest BCUT2D eigenvalue weighted by Crippen LogP contribution is 2.37. The Morgan fingerprint density at radius 1 is 1.42 bits per heavy atom. The molecule has 1 aromatic heterocycles.